The quantitative estimate of drug-likeness (QED) is 0.747. The average molecular weight is 216 g/mol. The molecular weight excluding hydrogens is 196 g/mol. The van der Waals surface area contributed by atoms with Crippen LogP contribution < -0.4 is 4.90 Å². The Hall–Kier alpha value is -1.02. The van der Waals surface area contributed by atoms with Crippen LogP contribution in [0.5, 0.6) is 0 Å². The number of fused-ring (bicyclic) bond motifs is 1. The van der Waals surface area contributed by atoms with Crippen LogP contribution in [0, 0.1) is 0 Å². The van der Waals surface area contributed by atoms with E-state index in [1.807, 2.05) is 0 Å². The first-order valence-electron chi connectivity index (χ1n) is 6.34. The second-order valence-corrected chi connectivity index (χ2v) is 5.27. The molecule has 1 aromatic rings. The van der Waals surface area contributed by atoms with E-state index in [0.29, 0.717) is 6.04 Å². The number of nitrogens with zero attached hydrogens (tertiary/aromatic N) is 2. The maximum atomic E-state index is 2.61. The molecule has 86 valence electrons. The Kier molecular flexibility index (Phi) is 2.40. The molecule has 2 heterocycles. The van der Waals surface area contributed by atoms with Crippen LogP contribution in [0.3, 0.4) is 0 Å². The Balaban J connectivity index is 1.71. The van der Waals surface area contributed by atoms with Gasteiger partial charge in [-0.1, -0.05) is 18.2 Å². The Morgan fingerprint density at radius 2 is 1.94 bits per heavy atom. The molecule has 0 aromatic heterocycles. The summed E-state index contributed by atoms with van der Waals surface area (Å²) in [6.07, 6.45) is 1.23. The van der Waals surface area contributed by atoms with Crippen LogP contribution in [0.25, 0.3) is 0 Å². The number of hydrogen-bond acceptors (Lipinski definition) is 2. The highest BCUT2D eigenvalue weighted by atomic mass is 15.3. The van der Waals surface area contributed by atoms with E-state index in [9.17, 15) is 0 Å². The molecule has 2 aliphatic rings. The van der Waals surface area contributed by atoms with Gasteiger partial charge in [0.2, 0.25) is 0 Å². The van der Waals surface area contributed by atoms with Crippen LogP contribution in [-0.2, 0) is 6.42 Å². The summed E-state index contributed by atoms with van der Waals surface area (Å²) in [5.41, 5.74) is 3.02. The van der Waals surface area contributed by atoms with E-state index in [4.69, 9.17) is 0 Å². The molecular formula is C14H20N2. The minimum atomic E-state index is 0.703. The first-order valence-corrected chi connectivity index (χ1v) is 6.34. The summed E-state index contributed by atoms with van der Waals surface area (Å²) in [4.78, 5) is 5.15. The zero-order chi connectivity index (χ0) is 11.1. The number of para-hydroxylation sites is 1. The smallest absolute Gasteiger partial charge is 0.0544 e. The number of anilines is 1. The Morgan fingerprint density at radius 1 is 1.19 bits per heavy atom. The maximum Gasteiger partial charge on any atom is 0.0544 e. The van der Waals surface area contributed by atoms with Crippen molar-refractivity contribution in [2.24, 2.45) is 0 Å². The number of rotatable bonds is 2. The molecule has 0 atom stereocenters. The van der Waals surface area contributed by atoms with Crippen molar-refractivity contribution in [2.45, 2.75) is 32.4 Å². The molecule has 2 aliphatic heterocycles. The first kappa shape index (κ1) is 10.2. The van der Waals surface area contributed by atoms with Gasteiger partial charge in [-0.2, -0.15) is 0 Å². The second-order valence-electron chi connectivity index (χ2n) is 5.27. The first-order chi connectivity index (χ1) is 7.75. The van der Waals surface area contributed by atoms with Crippen LogP contribution in [0.1, 0.15) is 19.4 Å². The molecule has 16 heavy (non-hydrogen) atoms. The Bertz CT molecular complexity index is 380. The molecule has 0 bridgehead atoms. The molecule has 0 aliphatic carbocycles. The van der Waals surface area contributed by atoms with E-state index in [-0.39, 0.29) is 0 Å². The van der Waals surface area contributed by atoms with Crippen LogP contribution >= 0.6 is 0 Å². The van der Waals surface area contributed by atoms with Gasteiger partial charge in [-0.25, -0.2) is 0 Å². The van der Waals surface area contributed by atoms with Gasteiger partial charge in [0, 0.05) is 31.4 Å². The fourth-order valence-corrected chi connectivity index (χ4v) is 2.85. The van der Waals surface area contributed by atoms with Gasteiger partial charge in [-0.3, -0.25) is 4.90 Å². The maximum absolute atomic E-state index is 2.61. The molecule has 1 saturated heterocycles. The fraction of sp³-hybridized carbons (Fsp3) is 0.571. The number of benzene rings is 1. The van der Waals surface area contributed by atoms with Gasteiger partial charge in [0.1, 0.15) is 0 Å². The van der Waals surface area contributed by atoms with E-state index >= 15 is 0 Å². The summed E-state index contributed by atoms with van der Waals surface area (Å²) in [6.45, 7) is 8.27. The van der Waals surface area contributed by atoms with Crippen molar-refractivity contribution in [2.75, 3.05) is 24.5 Å². The molecule has 0 radical (unpaired) electrons. The highest BCUT2D eigenvalue weighted by Gasteiger charge is 2.35. The predicted molar refractivity (Wildman–Crippen MR) is 68.0 cm³/mol. The number of hydrogen-bond donors (Lipinski definition) is 0. The third-order valence-corrected chi connectivity index (χ3v) is 3.98. The van der Waals surface area contributed by atoms with Gasteiger partial charge in [-0.05, 0) is 31.9 Å². The molecule has 1 aromatic carbocycles. The van der Waals surface area contributed by atoms with Gasteiger partial charge in [0.05, 0.1) is 6.04 Å². The minimum Gasteiger partial charge on any atom is -0.365 e. The lowest BCUT2D eigenvalue weighted by molar-refractivity contribution is 0.108. The lowest BCUT2D eigenvalue weighted by Gasteiger charge is -2.47. The van der Waals surface area contributed by atoms with Crippen molar-refractivity contribution in [3.05, 3.63) is 29.8 Å². The number of likely N-dealkylation sites (tertiary alicyclic amines) is 1. The standard InChI is InChI=1S/C14H20N2/c1-11(2)15-9-13(10-15)16-8-7-12-5-3-4-6-14(12)16/h3-6,11,13H,7-10H2,1-2H3. The highest BCUT2D eigenvalue weighted by Crippen LogP contribution is 2.32. The van der Waals surface area contributed by atoms with Crippen molar-refractivity contribution in [3.63, 3.8) is 0 Å². The molecule has 2 heteroatoms. The molecule has 2 nitrogen and oxygen atoms in total. The molecule has 3 rings (SSSR count). The predicted octanol–water partition coefficient (Wildman–Crippen LogP) is 2.14. The fourth-order valence-electron chi connectivity index (χ4n) is 2.85. The lowest BCUT2D eigenvalue weighted by atomic mass is 10.0. The van der Waals surface area contributed by atoms with Gasteiger partial charge >= 0.3 is 0 Å². The zero-order valence-electron chi connectivity index (χ0n) is 10.2. The summed E-state index contributed by atoms with van der Waals surface area (Å²) in [7, 11) is 0. The third kappa shape index (κ3) is 1.52. The normalized spacial score (nSPS) is 21.3. The van der Waals surface area contributed by atoms with Crippen molar-refractivity contribution in [1.82, 2.24) is 4.90 Å². The summed E-state index contributed by atoms with van der Waals surface area (Å²) in [6, 6.07) is 10.3. The monoisotopic (exact) mass is 216 g/mol. The Morgan fingerprint density at radius 3 is 2.69 bits per heavy atom. The summed E-state index contributed by atoms with van der Waals surface area (Å²) >= 11 is 0. The van der Waals surface area contributed by atoms with Crippen molar-refractivity contribution >= 4 is 5.69 Å². The molecule has 1 fully saturated rings. The summed E-state index contributed by atoms with van der Waals surface area (Å²) in [5, 5.41) is 0. The van der Waals surface area contributed by atoms with Crippen molar-refractivity contribution in [1.29, 1.82) is 0 Å². The van der Waals surface area contributed by atoms with Crippen molar-refractivity contribution in [3.8, 4) is 0 Å². The van der Waals surface area contributed by atoms with E-state index in [1.54, 1.807) is 0 Å². The van der Waals surface area contributed by atoms with Gasteiger partial charge < -0.3 is 4.90 Å². The van der Waals surface area contributed by atoms with Crippen LogP contribution in [0.15, 0.2) is 24.3 Å². The van der Waals surface area contributed by atoms with Crippen LogP contribution in [-0.4, -0.2) is 36.6 Å². The molecule has 0 N–H and O–H groups in total. The van der Waals surface area contributed by atoms with E-state index in [1.165, 1.54) is 37.3 Å². The second kappa shape index (κ2) is 3.77. The van der Waals surface area contributed by atoms with E-state index in [0.717, 1.165) is 6.04 Å². The summed E-state index contributed by atoms with van der Waals surface area (Å²) < 4.78 is 0. The topological polar surface area (TPSA) is 6.48 Å². The average Bonchev–Trinajstić information content (AvgIpc) is 2.60. The van der Waals surface area contributed by atoms with Gasteiger partial charge in [0.25, 0.3) is 0 Å². The molecule has 0 spiro atoms. The molecule has 0 unspecified atom stereocenters. The molecule has 0 amide bonds. The lowest BCUT2D eigenvalue weighted by Crippen LogP contribution is -2.61. The van der Waals surface area contributed by atoms with Gasteiger partial charge in [-0.15, -0.1) is 0 Å². The summed E-state index contributed by atoms with van der Waals surface area (Å²) in [5.74, 6) is 0. The van der Waals surface area contributed by atoms with Crippen molar-refractivity contribution < 1.29 is 0 Å². The SMILES string of the molecule is CC(C)N1CC(N2CCc3ccccc32)C1. The minimum absolute atomic E-state index is 0.703. The zero-order valence-corrected chi connectivity index (χ0v) is 10.2. The van der Waals surface area contributed by atoms with Crippen LogP contribution in [0.2, 0.25) is 0 Å². The largest absolute Gasteiger partial charge is 0.365 e. The van der Waals surface area contributed by atoms with Gasteiger partial charge in [0.15, 0.2) is 0 Å². The van der Waals surface area contributed by atoms with E-state index < -0.39 is 0 Å². The van der Waals surface area contributed by atoms with E-state index in [2.05, 4.69) is 47.9 Å². The molecule has 0 saturated carbocycles. The highest BCUT2D eigenvalue weighted by molar-refractivity contribution is 5.59. The Labute approximate surface area is 97.9 Å². The van der Waals surface area contributed by atoms with Crippen LogP contribution in [0.4, 0.5) is 5.69 Å². The third-order valence-electron chi connectivity index (χ3n) is 3.98.